The van der Waals surface area contributed by atoms with E-state index < -0.39 is 0 Å². The van der Waals surface area contributed by atoms with Crippen LogP contribution in [0.3, 0.4) is 0 Å². The molecule has 8 nitrogen and oxygen atoms in total. The minimum Gasteiger partial charge on any atom is -0.377 e. The number of rotatable bonds is 8. The summed E-state index contributed by atoms with van der Waals surface area (Å²) < 4.78 is 18.4. The van der Waals surface area contributed by atoms with Crippen LogP contribution in [-0.4, -0.2) is 59.1 Å². The Hall–Kier alpha value is -1.74. The maximum Gasteiger partial charge on any atom is 0.162 e. The molecule has 25 heavy (non-hydrogen) atoms. The van der Waals surface area contributed by atoms with E-state index in [1.165, 1.54) is 5.69 Å². The molecule has 1 aliphatic rings. The molecule has 1 fully saturated rings. The average Bonchev–Trinajstić information content (AvgIpc) is 3.24. The molecule has 2 atom stereocenters. The molecule has 0 aromatic carbocycles. The number of aryl methyl sites for hydroxylation is 1. The minimum atomic E-state index is 0.0643. The zero-order chi connectivity index (χ0) is 17.6. The summed E-state index contributed by atoms with van der Waals surface area (Å²) >= 11 is 0. The molecular weight excluding hydrogens is 322 g/mol. The van der Waals surface area contributed by atoms with Crippen molar-refractivity contribution in [2.75, 3.05) is 33.4 Å². The molecule has 0 bridgehead atoms. The van der Waals surface area contributed by atoms with Crippen LogP contribution in [-0.2, 0) is 29.7 Å². The molecule has 1 saturated heterocycles. The minimum absolute atomic E-state index is 0.0643. The summed E-state index contributed by atoms with van der Waals surface area (Å²) in [5.41, 5.74) is 2.05. The van der Waals surface area contributed by atoms with E-state index in [9.17, 15) is 0 Å². The van der Waals surface area contributed by atoms with Gasteiger partial charge in [-0.15, -0.1) is 0 Å². The third-order valence-corrected chi connectivity index (χ3v) is 4.57. The molecule has 2 aromatic rings. The van der Waals surface area contributed by atoms with Crippen LogP contribution < -0.4 is 5.32 Å². The van der Waals surface area contributed by atoms with Crippen molar-refractivity contribution >= 4 is 0 Å². The smallest absolute Gasteiger partial charge is 0.162 e. The molecule has 0 saturated carbocycles. The first-order valence-corrected chi connectivity index (χ1v) is 8.69. The van der Waals surface area contributed by atoms with Crippen molar-refractivity contribution in [1.29, 1.82) is 0 Å². The van der Waals surface area contributed by atoms with Crippen LogP contribution in [0.2, 0.25) is 0 Å². The highest BCUT2D eigenvalue weighted by Crippen LogP contribution is 2.28. The van der Waals surface area contributed by atoms with Crippen molar-refractivity contribution in [2.45, 2.75) is 32.2 Å². The zero-order valence-electron chi connectivity index (χ0n) is 15.1. The molecule has 0 spiro atoms. The van der Waals surface area contributed by atoms with Gasteiger partial charge in [-0.2, -0.15) is 0 Å². The highest BCUT2D eigenvalue weighted by Gasteiger charge is 2.34. The van der Waals surface area contributed by atoms with E-state index in [1.54, 1.807) is 7.11 Å². The molecule has 1 N–H and O–H groups in total. The number of imidazole rings is 1. The SMILES string of the molecule is CCN1CCO[C@@H](CNCc2cc(COC)on2)[C@@H]1c1cncn1C. The number of methoxy groups -OCH3 is 1. The topological polar surface area (TPSA) is 77.6 Å². The Labute approximate surface area is 148 Å². The standard InChI is InChI=1S/C17H27N5O3/c1-4-22-5-6-24-16(17(22)15-9-19-12-21(15)2)10-18-8-13-7-14(11-23-3)25-20-13/h7,9,12,16-18H,4-6,8,10-11H2,1-3H3/t16-,17-/m0/s1. The molecule has 3 rings (SSSR count). The van der Waals surface area contributed by atoms with Gasteiger partial charge in [-0.3, -0.25) is 4.90 Å². The van der Waals surface area contributed by atoms with Gasteiger partial charge >= 0.3 is 0 Å². The summed E-state index contributed by atoms with van der Waals surface area (Å²) in [4.78, 5) is 6.72. The lowest BCUT2D eigenvalue weighted by molar-refractivity contribution is -0.0716. The van der Waals surface area contributed by atoms with Crippen LogP contribution in [0.15, 0.2) is 23.1 Å². The van der Waals surface area contributed by atoms with Gasteiger partial charge in [0.2, 0.25) is 0 Å². The lowest BCUT2D eigenvalue weighted by Crippen LogP contribution is -2.49. The monoisotopic (exact) mass is 349 g/mol. The van der Waals surface area contributed by atoms with Crippen molar-refractivity contribution in [1.82, 2.24) is 24.9 Å². The summed E-state index contributed by atoms with van der Waals surface area (Å²) in [5.74, 6) is 0.734. The Morgan fingerprint density at radius 1 is 1.44 bits per heavy atom. The first-order chi connectivity index (χ1) is 12.2. The Bertz CT molecular complexity index is 656. The fourth-order valence-corrected chi connectivity index (χ4v) is 3.33. The molecule has 138 valence electrons. The number of hydrogen-bond donors (Lipinski definition) is 1. The largest absolute Gasteiger partial charge is 0.377 e. The summed E-state index contributed by atoms with van der Waals surface area (Å²) in [5, 5.41) is 7.49. The van der Waals surface area contributed by atoms with Crippen LogP contribution >= 0.6 is 0 Å². The number of nitrogens with one attached hydrogen (secondary N) is 1. The van der Waals surface area contributed by atoms with Gasteiger partial charge < -0.3 is 23.9 Å². The van der Waals surface area contributed by atoms with Gasteiger partial charge in [0.25, 0.3) is 0 Å². The number of morpholine rings is 1. The number of ether oxygens (including phenoxy) is 2. The summed E-state index contributed by atoms with van der Waals surface area (Å²) in [6.07, 6.45) is 3.84. The summed E-state index contributed by atoms with van der Waals surface area (Å²) in [7, 11) is 3.67. The predicted molar refractivity (Wildman–Crippen MR) is 91.9 cm³/mol. The third-order valence-electron chi connectivity index (χ3n) is 4.57. The maximum atomic E-state index is 6.07. The van der Waals surface area contributed by atoms with E-state index in [4.69, 9.17) is 14.0 Å². The molecule has 2 aromatic heterocycles. The molecule has 0 radical (unpaired) electrons. The summed E-state index contributed by atoms with van der Waals surface area (Å²) in [6, 6.07) is 2.11. The number of nitrogens with zero attached hydrogens (tertiary/aromatic N) is 4. The highest BCUT2D eigenvalue weighted by atomic mass is 16.5. The average molecular weight is 349 g/mol. The molecule has 3 heterocycles. The van der Waals surface area contributed by atoms with Gasteiger partial charge in [0.1, 0.15) is 6.61 Å². The van der Waals surface area contributed by atoms with E-state index in [2.05, 4.69) is 31.8 Å². The van der Waals surface area contributed by atoms with Crippen molar-refractivity contribution in [2.24, 2.45) is 7.05 Å². The molecule has 0 aliphatic carbocycles. The van der Waals surface area contributed by atoms with Crippen LogP contribution in [0.5, 0.6) is 0 Å². The maximum absolute atomic E-state index is 6.07. The first kappa shape index (κ1) is 18.1. The predicted octanol–water partition coefficient (Wildman–Crippen LogP) is 1.11. The van der Waals surface area contributed by atoms with E-state index >= 15 is 0 Å². The highest BCUT2D eigenvalue weighted by molar-refractivity contribution is 5.10. The fourth-order valence-electron chi connectivity index (χ4n) is 3.33. The normalized spacial score (nSPS) is 21.7. The first-order valence-electron chi connectivity index (χ1n) is 8.69. The van der Waals surface area contributed by atoms with E-state index in [1.807, 2.05) is 25.6 Å². The van der Waals surface area contributed by atoms with Gasteiger partial charge in [0, 0.05) is 46.1 Å². The van der Waals surface area contributed by atoms with Crippen LogP contribution in [0, 0.1) is 0 Å². The quantitative estimate of drug-likeness (QED) is 0.765. The van der Waals surface area contributed by atoms with Crippen molar-refractivity contribution in [3.8, 4) is 0 Å². The van der Waals surface area contributed by atoms with E-state index in [0.29, 0.717) is 13.2 Å². The molecular formula is C17H27N5O3. The fraction of sp³-hybridized carbons (Fsp3) is 0.647. The van der Waals surface area contributed by atoms with Gasteiger partial charge in [-0.25, -0.2) is 4.98 Å². The molecule has 8 heteroatoms. The second-order valence-corrected chi connectivity index (χ2v) is 6.26. The van der Waals surface area contributed by atoms with Gasteiger partial charge in [0.05, 0.1) is 36.5 Å². The number of aromatic nitrogens is 3. The zero-order valence-corrected chi connectivity index (χ0v) is 15.1. The number of likely N-dealkylation sites (N-methyl/N-ethyl adjacent to an activating group) is 1. The Kier molecular flexibility index (Phi) is 6.19. The van der Waals surface area contributed by atoms with Gasteiger partial charge in [0.15, 0.2) is 5.76 Å². The Balaban J connectivity index is 1.61. The Morgan fingerprint density at radius 3 is 3.04 bits per heavy atom. The Morgan fingerprint density at radius 2 is 2.32 bits per heavy atom. The van der Waals surface area contributed by atoms with Gasteiger partial charge in [-0.1, -0.05) is 12.1 Å². The van der Waals surface area contributed by atoms with Crippen molar-refractivity contribution in [3.63, 3.8) is 0 Å². The molecule has 0 amide bonds. The van der Waals surface area contributed by atoms with Crippen molar-refractivity contribution < 1.29 is 14.0 Å². The van der Waals surface area contributed by atoms with E-state index in [-0.39, 0.29) is 12.1 Å². The molecule has 1 aliphatic heterocycles. The van der Waals surface area contributed by atoms with Crippen LogP contribution in [0.25, 0.3) is 0 Å². The summed E-state index contributed by atoms with van der Waals surface area (Å²) in [6.45, 7) is 6.66. The lowest BCUT2D eigenvalue weighted by atomic mass is 10.0. The second-order valence-electron chi connectivity index (χ2n) is 6.26. The molecule has 0 unspecified atom stereocenters. The third kappa shape index (κ3) is 4.27. The lowest BCUT2D eigenvalue weighted by Gasteiger charge is -2.40. The van der Waals surface area contributed by atoms with Crippen molar-refractivity contribution in [3.05, 3.63) is 35.7 Å². The van der Waals surface area contributed by atoms with E-state index in [0.717, 1.165) is 37.7 Å². The van der Waals surface area contributed by atoms with Gasteiger partial charge in [-0.05, 0) is 6.54 Å². The number of hydrogen-bond acceptors (Lipinski definition) is 7. The van der Waals surface area contributed by atoms with Crippen LogP contribution in [0.1, 0.15) is 30.1 Å². The van der Waals surface area contributed by atoms with Crippen LogP contribution in [0.4, 0.5) is 0 Å². The second kappa shape index (κ2) is 8.57.